The van der Waals surface area contributed by atoms with Crippen molar-refractivity contribution in [2.45, 2.75) is 6.04 Å². The summed E-state index contributed by atoms with van der Waals surface area (Å²) in [5, 5.41) is 3.45. The molecular formula is C18H29N3O3. The standard InChI is InChI=1S/C18H29N3O3/c1-22-15-3-4-16(18(13-15)23-2)17(21-7-5-19-6-8-21)14-20-9-11-24-12-10-20/h3-4,13,17,19H,5-12,14H2,1-2H3. The molecule has 1 aromatic rings. The Kier molecular flexibility index (Phi) is 6.31. The van der Waals surface area contributed by atoms with Crippen LogP contribution in [0.2, 0.25) is 0 Å². The Morgan fingerprint density at radius 2 is 1.83 bits per heavy atom. The summed E-state index contributed by atoms with van der Waals surface area (Å²) in [7, 11) is 3.43. The van der Waals surface area contributed by atoms with Crippen molar-refractivity contribution in [3.63, 3.8) is 0 Å². The number of ether oxygens (including phenoxy) is 3. The maximum atomic E-state index is 5.68. The van der Waals surface area contributed by atoms with Gasteiger partial charge in [0.1, 0.15) is 11.5 Å². The molecule has 3 rings (SSSR count). The Morgan fingerprint density at radius 1 is 1.08 bits per heavy atom. The molecule has 0 saturated carbocycles. The molecule has 1 atom stereocenters. The monoisotopic (exact) mass is 335 g/mol. The average molecular weight is 335 g/mol. The van der Waals surface area contributed by atoms with Gasteiger partial charge in [0.2, 0.25) is 0 Å². The highest BCUT2D eigenvalue weighted by molar-refractivity contribution is 5.42. The van der Waals surface area contributed by atoms with Gasteiger partial charge in [0.05, 0.1) is 33.5 Å². The molecule has 2 aliphatic rings. The molecule has 1 unspecified atom stereocenters. The summed E-state index contributed by atoms with van der Waals surface area (Å²) in [5.74, 6) is 1.74. The summed E-state index contributed by atoms with van der Waals surface area (Å²) in [5.41, 5.74) is 1.24. The van der Waals surface area contributed by atoms with E-state index in [1.54, 1.807) is 14.2 Å². The van der Waals surface area contributed by atoms with E-state index < -0.39 is 0 Å². The predicted molar refractivity (Wildman–Crippen MR) is 94.0 cm³/mol. The molecule has 2 heterocycles. The van der Waals surface area contributed by atoms with Crippen LogP contribution in [0.4, 0.5) is 0 Å². The van der Waals surface area contributed by atoms with Crippen molar-refractivity contribution in [1.29, 1.82) is 0 Å². The molecule has 2 saturated heterocycles. The smallest absolute Gasteiger partial charge is 0.127 e. The topological polar surface area (TPSA) is 46.2 Å². The van der Waals surface area contributed by atoms with Crippen molar-refractivity contribution in [2.75, 3.05) is 73.2 Å². The molecule has 0 amide bonds. The number of benzene rings is 1. The first-order chi connectivity index (χ1) is 11.8. The van der Waals surface area contributed by atoms with Crippen LogP contribution in [-0.2, 0) is 4.74 Å². The Balaban J connectivity index is 1.84. The summed E-state index contributed by atoms with van der Waals surface area (Å²) in [6, 6.07) is 6.51. The number of methoxy groups -OCH3 is 2. The van der Waals surface area contributed by atoms with Gasteiger partial charge in [0.25, 0.3) is 0 Å². The fourth-order valence-corrected chi connectivity index (χ4v) is 3.53. The van der Waals surface area contributed by atoms with E-state index >= 15 is 0 Å². The Hall–Kier alpha value is -1.34. The second-order valence-electron chi connectivity index (χ2n) is 6.32. The fraction of sp³-hybridized carbons (Fsp3) is 0.667. The van der Waals surface area contributed by atoms with Gasteiger partial charge in [-0.3, -0.25) is 9.80 Å². The zero-order valence-corrected chi connectivity index (χ0v) is 14.8. The predicted octanol–water partition coefficient (Wildman–Crippen LogP) is 0.982. The van der Waals surface area contributed by atoms with Gasteiger partial charge in [0, 0.05) is 57.4 Å². The number of nitrogens with one attached hydrogen (secondary N) is 1. The van der Waals surface area contributed by atoms with E-state index in [9.17, 15) is 0 Å². The molecule has 1 aromatic carbocycles. The number of nitrogens with zero attached hydrogens (tertiary/aromatic N) is 2. The van der Waals surface area contributed by atoms with Crippen molar-refractivity contribution < 1.29 is 14.2 Å². The first kappa shape index (κ1) is 17.5. The lowest BCUT2D eigenvalue weighted by Gasteiger charge is -2.39. The number of hydrogen-bond acceptors (Lipinski definition) is 6. The van der Waals surface area contributed by atoms with Crippen molar-refractivity contribution >= 4 is 0 Å². The fourth-order valence-electron chi connectivity index (χ4n) is 3.53. The molecule has 0 aliphatic carbocycles. The highest BCUT2D eigenvalue weighted by Crippen LogP contribution is 2.33. The van der Waals surface area contributed by atoms with E-state index in [4.69, 9.17) is 14.2 Å². The lowest BCUT2D eigenvalue weighted by Crippen LogP contribution is -2.49. The van der Waals surface area contributed by atoms with Crippen LogP contribution in [0.1, 0.15) is 11.6 Å². The van der Waals surface area contributed by atoms with Gasteiger partial charge >= 0.3 is 0 Å². The largest absolute Gasteiger partial charge is 0.497 e. The molecule has 6 heteroatoms. The maximum absolute atomic E-state index is 5.68. The molecule has 0 spiro atoms. The van der Waals surface area contributed by atoms with Gasteiger partial charge in [-0.2, -0.15) is 0 Å². The van der Waals surface area contributed by atoms with E-state index in [1.165, 1.54) is 5.56 Å². The van der Waals surface area contributed by atoms with Gasteiger partial charge in [-0.25, -0.2) is 0 Å². The van der Waals surface area contributed by atoms with Crippen LogP contribution in [0.5, 0.6) is 11.5 Å². The van der Waals surface area contributed by atoms with E-state index in [-0.39, 0.29) is 0 Å². The molecular weight excluding hydrogens is 306 g/mol. The molecule has 1 N–H and O–H groups in total. The van der Waals surface area contributed by atoms with Crippen molar-refractivity contribution in [3.05, 3.63) is 23.8 Å². The highest BCUT2D eigenvalue weighted by Gasteiger charge is 2.27. The second-order valence-corrected chi connectivity index (χ2v) is 6.32. The highest BCUT2D eigenvalue weighted by atomic mass is 16.5. The number of piperazine rings is 1. The van der Waals surface area contributed by atoms with E-state index in [2.05, 4.69) is 21.2 Å². The molecule has 2 aliphatic heterocycles. The third kappa shape index (κ3) is 4.19. The summed E-state index contributed by atoms with van der Waals surface area (Å²) in [6.07, 6.45) is 0. The molecule has 6 nitrogen and oxygen atoms in total. The summed E-state index contributed by atoms with van der Waals surface area (Å²) in [4.78, 5) is 5.07. The maximum Gasteiger partial charge on any atom is 0.127 e. The number of rotatable bonds is 6. The second kappa shape index (κ2) is 8.67. The molecule has 2 fully saturated rings. The van der Waals surface area contributed by atoms with Gasteiger partial charge in [0.15, 0.2) is 0 Å². The molecule has 134 valence electrons. The Labute approximate surface area is 144 Å². The van der Waals surface area contributed by atoms with Crippen LogP contribution in [0, 0.1) is 0 Å². The molecule has 0 radical (unpaired) electrons. The van der Waals surface area contributed by atoms with Crippen LogP contribution < -0.4 is 14.8 Å². The van der Waals surface area contributed by atoms with Crippen LogP contribution >= 0.6 is 0 Å². The average Bonchev–Trinajstić information content (AvgIpc) is 2.67. The van der Waals surface area contributed by atoms with E-state index in [0.29, 0.717) is 6.04 Å². The van der Waals surface area contributed by atoms with Gasteiger partial charge in [-0.1, -0.05) is 6.07 Å². The van der Waals surface area contributed by atoms with E-state index in [1.807, 2.05) is 12.1 Å². The Morgan fingerprint density at radius 3 is 2.50 bits per heavy atom. The minimum Gasteiger partial charge on any atom is -0.497 e. The Bertz CT molecular complexity index is 514. The van der Waals surface area contributed by atoms with Gasteiger partial charge in [-0.05, 0) is 6.07 Å². The van der Waals surface area contributed by atoms with Crippen LogP contribution in [0.25, 0.3) is 0 Å². The third-order valence-electron chi connectivity index (χ3n) is 4.93. The van der Waals surface area contributed by atoms with Crippen molar-refractivity contribution in [1.82, 2.24) is 15.1 Å². The summed E-state index contributed by atoms with van der Waals surface area (Å²) in [6.45, 7) is 8.86. The first-order valence-corrected chi connectivity index (χ1v) is 8.78. The zero-order chi connectivity index (χ0) is 16.8. The lowest BCUT2D eigenvalue weighted by atomic mass is 10.0. The van der Waals surface area contributed by atoms with Crippen LogP contribution in [0.3, 0.4) is 0 Å². The van der Waals surface area contributed by atoms with Gasteiger partial charge < -0.3 is 19.5 Å². The van der Waals surface area contributed by atoms with Crippen LogP contribution in [-0.4, -0.2) is 83.0 Å². The first-order valence-electron chi connectivity index (χ1n) is 8.78. The molecule has 24 heavy (non-hydrogen) atoms. The van der Waals surface area contributed by atoms with E-state index in [0.717, 1.165) is 70.5 Å². The van der Waals surface area contributed by atoms with Crippen LogP contribution in [0.15, 0.2) is 18.2 Å². The van der Waals surface area contributed by atoms with Crippen molar-refractivity contribution in [2.24, 2.45) is 0 Å². The SMILES string of the molecule is COc1ccc(C(CN2CCOCC2)N2CCNCC2)c(OC)c1. The number of morpholine rings is 1. The summed E-state index contributed by atoms with van der Waals surface area (Å²) >= 11 is 0. The van der Waals surface area contributed by atoms with Gasteiger partial charge in [-0.15, -0.1) is 0 Å². The zero-order valence-electron chi connectivity index (χ0n) is 14.8. The minimum absolute atomic E-state index is 0.325. The normalized spacial score (nSPS) is 21.4. The molecule has 0 aromatic heterocycles. The van der Waals surface area contributed by atoms with Crippen molar-refractivity contribution in [3.8, 4) is 11.5 Å². The summed E-state index contributed by atoms with van der Waals surface area (Å²) < 4.78 is 16.5. The molecule has 0 bridgehead atoms. The third-order valence-corrected chi connectivity index (χ3v) is 4.93. The minimum atomic E-state index is 0.325. The number of hydrogen-bond donors (Lipinski definition) is 1. The quantitative estimate of drug-likeness (QED) is 0.836. The lowest BCUT2D eigenvalue weighted by molar-refractivity contribution is 0.0203.